The molecule has 0 saturated carbocycles. The summed E-state index contributed by atoms with van der Waals surface area (Å²) in [6.45, 7) is 2.52. The summed E-state index contributed by atoms with van der Waals surface area (Å²) in [5.74, 6) is -10.3. The van der Waals surface area contributed by atoms with Crippen molar-refractivity contribution >= 4 is 254 Å². The fourth-order valence-corrected chi connectivity index (χ4v) is 31.7. The molecule has 786 valence electrons. The number of carboxylic acid groups (broad SMARTS) is 11. The maximum absolute atomic E-state index is 12.2. The quantitative estimate of drug-likeness (QED) is 0.0199. The fourth-order valence-electron chi connectivity index (χ4n) is 13.5. The van der Waals surface area contributed by atoms with E-state index < -0.39 is 137 Å². The van der Waals surface area contributed by atoms with Gasteiger partial charge in [-0.25, -0.2) is 4.79 Å². The first kappa shape index (κ1) is 130. The van der Waals surface area contributed by atoms with Crippen LogP contribution in [0, 0.1) is 11.8 Å². The van der Waals surface area contributed by atoms with E-state index in [1.807, 2.05) is 130 Å². The Labute approximate surface area is 853 Å². The van der Waals surface area contributed by atoms with Crippen molar-refractivity contribution in [1.29, 1.82) is 0 Å². The van der Waals surface area contributed by atoms with Gasteiger partial charge in [0.15, 0.2) is 23.1 Å². The number of hydrogen-bond acceptors (Lipinski definition) is 33. The van der Waals surface area contributed by atoms with Crippen molar-refractivity contribution in [3.8, 4) is 0 Å². The first-order chi connectivity index (χ1) is 65.5. The lowest BCUT2D eigenvalue weighted by molar-refractivity contribution is -0.144. The summed E-state index contributed by atoms with van der Waals surface area (Å²) >= 11 is 0. The number of hydrogen-bond donors (Lipinski definition) is 17. The highest BCUT2D eigenvalue weighted by molar-refractivity contribution is 8.78. The molecule has 138 heavy (non-hydrogen) atoms. The van der Waals surface area contributed by atoms with Gasteiger partial charge in [-0.1, -0.05) is 182 Å². The molecule has 0 spiro atoms. The van der Waals surface area contributed by atoms with Crippen LogP contribution in [0.4, 0.5) is 0 Å². The average molecular weight is 2180 g/mol. The minimum atomic E-state index is -1.21. The van der Waals surface area contributed by atoms with Crippen molar-refractivity contribution in [2.75, 3.05) is 41.1 Å². The van der Waals surface area contributed by atoms with Gasteiger partial charge in [-0.05, 0) is 141 Å². The topological polar surface area (TPSA) is 653 Å². The molecule has 0 bridgehead atoms. The summed E-state index contributed by atoms with van der Waals surface area (Å²) in [5, 5.41) is 115. The third-order valence-electron chi connectivity index (χ3n) is 21.4. The lowest BCUT2D eigenvalue weighted by atomic mass is 9.97. The van der Waals surface area contributed by atoms with E-state index in [4.69, 9.17) is 56.2 Å². The largest absolute Gasteiger partial charge is 0.481 e. The molecule has 0 aliphatic carbocycles. The van der Waals surface area contributed by atoms with Crippen LogP contribution in [0.1, 0.15) is 303 Å². The number of rotatable bonds is 68. The number of ketones is 4. The molecule has 0 aromatic carbocycles. The Morgan fingerprint density at radius 2 is 0.457 bits per heavy atom. The van der Waals surface area contributed by atoms with Gasteiger partial charge in [-0.15, -0.1) is 0 Å². The Kier molecular flexibility index (Phi) is 75.5. The Morgan fingerprint density at radius 1 is 0.232 bits per heavy atom. The highest BCUT2D eigenvalue weighted by atomic mass is 33.1. The molecule has 6 saturated heterocycles. The van der Waals surface area contributed by atoms with Crippen LogP contribution in [0.2, 0.25) is 0 Å². The first-order valence-electron chi connectivity index (χ1n) is 46.5. The molecule has 6 heterocycles. The molecule has 50 heteroatoms. The van der Waals surface area contributed by atoms with Crippen LogP contribution in [0.5, 0.6) is 0 Å². The molecule has 0 aromatic rings. The Balaban J connectivity index is 0.000000832. The second kappa shape index (κ2) is 80.2. The average Bonchev–Trinajstić information content (AvgIpc) is 1.34. The number of aliphatic carboxylic acids is 11. The minimum Gasteiger partial charge on any atom is -0.481 e. The lowest BCUT2D eigenvalue weighted by Gasteiger charge is -2.18. The number of unbranched alkanes of at least 4 members (excludes halogenated alkanes) is 6. The van der Waals surface area contributed by atoms with Crippen molar-refractivity contribution < 1.29 is 157 Å². The van der Waals surface area contributed by atoms with Gasteiger partial charge in [0.25, 0.3) is 0 Å². The van der Waals surface area contributed by atoms with E-state index in [9.17, 15) is 101 Å². The molecule has 6 fully saturated rings. The van der Waals surface area contributed by atoms with Gasteiger partial charge in [-0.3, -0.25) is 95.9 Å². The summed E-state index contributed by atoms with van der Waals surface area (Å²) in [4.78, 5) is 237. The number of Topliss-reactive ketones (excluding diaryl/α,β-unsaturated/α-hetero) is 4. The van der Waals surface area contributed by atoms with Crippen molar-refractivity contribution in [2.45, 2.75) is 364 Å². The second-order valence-electron chi connectivity index (χ2n) is 33.4. The van der Waals surface area contributed by atoms with Crippen LogP contribution in [0.15, 0.2) is 0 Å². The first-order valence-corrected chi connectivity index (χ1v) is 60.8. The number of amides is 6. The molecule has 13 atom stereocenters. The van der Waals surface area contributed by atoms with Crippen LogP contribution >= 0.6 is 130 Å². The highest BCUT2D eigenvalue weighted by Crippen LogP contribution is 2.44. The zero-order chi connectivity index (χ0) is 103. The molecule has 6 amide bonds. The molecule has 38 nitrogen and oxygen atoms in total. The molecule has 0 aromatic heterocycles. The van der Waals surface area contributed by atoms with Crippen LogP contribution in [-0.4, -0.2) is 283 Å². The van der Waals surface area contributed by atoms with Gasteiger partial charge in [0, 0.05) is 156 Å². The summed E-state index contributed by atoms with van der Waals surface area (Å²) in [5.41, 5.74) is 0. The van der Waals surface area contributed by atoms with Crippen molar-refractivity contribution in [1.82, 2.24) is 31.9 Å². The van der Waals surface area contributed by atoms with Crippen LogP contribution in [0.25, 0.3) is 0 Å². The maximum Gasteiger partial charge on any atom is 0.326 e. The van der Waals surface area contributed by atoms with E-state index in [-0.39, 0.29) is 145 Å². The van der Waals surface area contributed by atoms with Crippen molar-refractivity contribution in [3.05, 3.63) is 0 Å². The predicted molar refractivity (Wildman–Crippen MR) is 546 cm³/mol. The third kappa shape index (κ3) is 72.2. The normalized spacial score (nSPS) is 18.7. The summed E-state index contributed by atoms with van der Waals surface area (Å²) in [6.07, 6.45) is 22.6. The van der Waals surface area contributed by atoms with E-state index in [0.29, 0.717) is 58.4 Å². The summed E-state index contributed by atoms with van der Waals surface area (Å²) in [6, 6.07) is -5.08. The smallest absolute Gasteiger partial charge is 0.326 e. The van der Waals surface area contributed by atoms with Crippen LogP contribution in [-0.2, 0) is 101 Å². The van der Waals surface area contributed by atoms with E-state index >= 15 is 0 Å². The van der Waals surface area contributed by atoms with Gasteiger partial charge in [0.05, 0.1) is 55.3 Å². The molecule has 17 N–H and O–H groups in total. The van der Waals surface area contributed by atoms with Gasteiger partial charge in [-0.2, -0.15) is 0 Å². The fraction of sp³-hybridized carbons (Fsp3) is 0.761. The van der Waals surface area contributed by atoms with Crippen molar-refractivity contribution in [2.24, 2.45) is 11.8 Å². The van der Waals surface area contributed by atoms with E-state index in [2.05, 4.69) is 31.9 Å². The Bertz CT molecular complexity index is 3690. The molecular weight excluding hydrogens is 2040 g/mol. The molecule has 13 unspecified atom stereocenters. The minimum absolute atomic E-state index is 0.0184. The number of carboxylic acids is 11. The van der Waals surface area contributed by atoms with E-state index in [1.165, 1.54) is 93.3 Å². The Morgan fingerprint density at radius 3 is 0.674 bits per heavy atom. The maximum atomic E-state index is 12.2. The monoisotopic (exact) mass is 2180 g/mol. The molecule has 6 aliphatic rings. The molecule has 6 aliphatic heterocycles. The van der Waals surface area contributed by atoms with Gasteiger partial charge in [0.2, 0.25) is 35.4 Å². The molecule has 6 rings (SSSR count). The molecule has 0 radical (unpaired) electrons. The third-order valence-corrected chi connectivity index (χ3v) is 39.4. The van der Waals surface area contributed by atoms with Crippen LogP contribution in [0.3, 0.4) is 0 Å². The SMILES string of the molecule is CC(CC(=O)C(CC(=O)O)NC(=O)CCCCC1CCSS1)C(=O)O.CC(CC(=O)C(CCC(=O)O)NC(=O)CCCCC1CCSS1)C(=O)O.O=C(O)CCC(=O)C(CCC(=O)O)NC(=O)CCCCC1CCSS1.O=C(O)CCC(=O)C(CCC(=O)O)NC(=O)CCCCC1CCSS1.O=C(O)CCC(NC(=O)CCCCC1CCSS1)C(=O)O.O=C(O)CNC(=O)CCCCC1CCSS1. The second-order valence-corrected chi connectivity index (χ2v) is 50.1. The molecular formula is C88H140N6O32S12. The van der Waals surface area contributed by atoms with Gasteiger partial charge >= 0.3 is 65.7 Å². The Hall–Kier alpha value is -6.13. The zero-order valence-corrected chi connectivity index (χ0v) is 88.0. The lowest BCUT2D eigenvalue weighted by Crippen LogP contribution is -2.43. The highest BCUT2D eigenvalue weighted by Gasteiger charge is 2.32. The summed E-state index contributed by atoms with van der Waals surface area (Å²) in [7, 11) is 22.8. The standard InChI is InChI=1S/C17H27NO6S2.3C16H25NO6S2.C13H21NO5S2.C10H17NO3S2/c1-11(17(23)24)10-14(19)13(6-7-16(21)22)18-15(20)5-3-2-4-12-8-9-25-26-12;1-10(16(22)23)8-13(18)12(9-15(20)21)17-14(19)5-3-2-4-11-6-7-24-25-11;2*18-13(6-8-16(22)23)12(5-7-15(20)21)17-14(19)4-2-1-3-11-9-10-24-25-11;15-11(4-2-1-3-9-7-8-20-21-9)14-10(13(18)19)5-6-12(16)17;12-9(11-7-10(13)14)4-2-1-3-8-5-6-15-16-8/h11-13H,2-10H2,1H3,(H,18,20)(H,21,22)(H,23,24);10-12H,2-9H2,1H3,(H,17,19)(H,20,21)(H,22,23);2*11-12H,1-10H2,(H,17,19)(H,20,21)(H,22,23);9-10H,1-8H2,(H,14,15)(H,16,17)(H,18,19);8H,1-7H2,(H,11,12)(H,13,14). The zero-order valence-electron chi connectivity index (χ0n) is 78.2. The van der Waals surface area contributed by atoms with E-state index in [1.54, 1.807) is 0 Å². The van der Waals surface area contributed by atoms with Crippen molar-refractivity contribution in [3.63, 3.8) is 0 Å². The van der Waals surface area contributed by atoms with Gasteiger partial charge in [0.1, 0.15) is 12.6 Å². The number of carbonyl (C=O) groups excluding carboxylic acids is 10. The number of nitrogens with one attached hydrogen (secondary N) is 6. The van der Waals surface area contributed by atoms with Crippen LogP contribution < -0.4 is 31.9 Å². The number of carbonyl (C=O) groups is 21. The van der Waals surface area contributed by atoms with E-state index in [0.717, 1.165) is 108 Å². The van der Waals surface area contributed by atoms with Gasteiger partial charge < -0.3 is 88.1 Å². The summed E-state index contributed by atoms with van der Waals surface area (Å²) < 4.78 is 0. The predicted octanol–water partition coefficient (Wildman–Crippen LogP) is 14.1.